The largest absolute Gasteiger partial charge is 0.492 e. The molecule has 1 aromatic heterocycles. The highest BCUT2D eigenvalue weighted by atomic mass is 35.5. The highest BCUT2D eigenvalue weighted by Crippen LogP contribution is 2.40. The van der Waals surface area contributed by atoms with Gasteiger partial charge in [0.25, 0.3) is 0 Å². The SMILES string of the molecule is CCc1ccsc1CNC1CCOc2c(Cl)cc(Cl)cc21. The monoisotopic (exact) mass is 341 g/mol. The van der Waals surface area contributed by atoms with E-state index in [9.17, 15) is 0 Å². The molecule has 0 bridgehead atoms. The van der Waals surface area contributed by atoms with Gasteiger partial charge in [-0.2, -0.15) is 0 Å². The summed E-state index contributed by atoms with van der Waals surface area (Å²) in [5.41, 5.74) is 2.48. The molecule has 0 radical (unpaired) electrons. The summed E-state index contributed by atoms with van der Waals surface area (Å²) in [5, 5.41) is 7.02. The highest BCUT2D eigenvalue weighted by Gasteiger charge is 2.24. The first kappa shape index (κ1) is 15.2. The second-order valence-electron chi connectivity index (χ2n) is 5.10. The zero-order valence-corrected chi connectivity index (χ0v) is 14.1. The number of nitrogens with one attached hydrogen (secondary N) is 1. The van der Waals surface area contributed by atoms with Crippen LogP contribution in [0, 0.1) is 0 Å². The lowest BCUT2D eigenvalue weighted by Gasteiger charge is -2.27. The Morgan fingerprint density at radius 3 is 3.05 bits per heavy atom. The number of hydrogen-bond acceptors (Lipinski definition) is 3. The minimum Gasteiger partial charge on any atom is -0.492 e. The molecule has 1 aliphatic rings. The van der Waals surface area contributed by atoms with Crippen LogP contribution in [0.4, 0.5) is 0 Å². The van der Waals surface area contributed by atoms with Crippen molar-refractivity contribution in [3.63, 3.8) is 0 Å². The Kier molecular flexibility index (Phi) is 4.75. The molecule has 1 atom stereocenters. The van der Waals surface area contributed by atoms with E-state index >= 15 is 0 Å². The minimum absolute atomic E-state index is 0.233. The second-order valence-corrected chi connectivity index (χ2v) is 6.94. The number of fused-ring (bicyclic) bond motifs is 1. The number of benzene rings is 1. The number of aryl methyl sites for hydroxylation is 1. The van der Waals surface area contributed by atoms with Crippen molar-refractivity contribution in [2.24, 2.45) is 0 Å². The van der Waals surface area contributed by atoms with Gasteiger partial charge in [0, 0.05) is 34.5 Å². The Hall–Kier alpha value is -0.740. The Labute approximate surface area is 139 Å². The van der Waals surface area contributed by atoms with E-state index in [4.69, 9.17) is 27.9 Å². The highest BCUT2D eigenvalue weighted by molar-refractivity contribution is 7.10. The number of hydrogen-bond donors (Lipinski definition) is 1. The Bertz CT molecular complexity index is 641. The lowest BCUT2D eigenvalue weighted by atomic mass is 10.0. The quantitative estimate of drug-likeness (QED) is 0.821. The Balaban J connectivity index is 1.79. The van der Waals surface area contributed by atoms with Crippen LogP contribution in [-0.2, 0) is 13.0 Å². The lowest BCUT2D eigenvalue weighted by Crippen LogP contribution is -2.27. The van der Waals surface area contributed by atoms with E-state index in [1.807, 2.05) is 6.07 Å². The Morgan fingerprint density at radius 1 is 1.38 bits per heavy atom. The minimum atomic E-state index is 0.233. The smallest absolute Gasteiger partial charge is 0.142 e. The predicted molar refractivity (Wildman–Crippen MR) is 89.9 cm³/mol. The molecule has 1 N–H and O–H groups in total. The van der Waals surface area contributed by atoms with Crippen LogP contribution in [0.25, 0.3) is 0 Å². The molecular formula is C16H17Cl2NOS. The van der Waals surface area contributed by atoms with Crippen molar-refractivity contribution < 1.29 is 4.74 Å². The molecule has 0 aliphatic carbocycles. The molecule has 0 saturated heterocycles. The van der Waals surface area contributed by atoms with Gasteiger partial charge >= 0.3 is 0 Å². The maximum absolute atomic E-state index is 6.22. The van der Waals surface area contributed by atoms with Crippen molar-refractivity contribution in [1.82, 2.24) is 5.32 Å². The van der Waals surface area contributed by atoms with Crippen LogP contribution in [0.2, 0.25) is 10.0 Å². The van der Waals surface area contributed by atoms with Gasteiger partial charge in [-0.15, -0.1) is 11.3 Å². The summed E-state index contributed by atoms with van der Waals surface area (Å²) in [4.78, 5) is 1.40. The summed E-state index contributed by atoms with van der Waals surface area (Å²) < 4.78 is 5.69. The normalized spacial score (nSPS) is 17.4. The average Bonchev–Trinajstić information content (AvgIpc) is 2.92. The van der Waals surface area contributed by atoms with E-state index in [0.29, 0.717) is 16.7 Å². The number of halogens is 2. The molecule has 21 heavy (non-hydrogen) atoms. The average molecular weight is 342 g/mol. The fraction of sp³-hybridized carbons (Fsp3) is 0.375. The summed E-state index contributed by atoms with van der Waals surface area (Å²) >= 11 is 14.2. The van der Waals surface area contributed by atoms with Crippen molar-refractivity contribution in [2.75, 3.05) is 6.61 Å². The van der Waals surface area contributed by atoms with Crippen LogP contribution in [0.5, 0.6) is 5.75 Å². The molecule has 2 heterocycles. The first-order chi connectivity index (χ1) is 10.2. The molecule has 0 saturated carbocycles. The summed E-state index contributed by atoms with van der Waals surface area (Å²) in [5.74, 6) is 0.770. The first-order valence-corrected chi connectivity index (χ1v) is 8.73. The molecule has 3 rings (SSSR count). The van der Waals surface area contributed by atoms with Crippen LogP contribution >= 0.6 is 34.5 Å². The van der Waals surface area contributed by atoms with Crippen molar-refractivity contribution in [3.05, 3.63) is 49.6 Å². The van der Waals surface area contributed by atoms with Crippen LogP contribution in [0.15, 0.2) is 23.6 Å². The van der Waals surface area contributed by atoms with E-state index in [1.54, 1.807) is 17.4 Å². The van der Waals surface area contributed by atoms with Crippen molar-refractivity contribution in [1.29, 1.82) is 0 Å². The molecule has 1 unspecified atom stereocenters. The fourth-order valence-electron chi connectivity index (χ4n) is 2.69. The van der Waals surface area contributed by atoms with E-state index < -0.39 is 0 Å². The van der Waals surface area contributed by atoms with Crippen molar-refractivity contribution >= 4 is 34.5 Å². The van der Waals surface area contributed by atoms with Gasteiger partial charge in [0.15, 0.2) is 0 Å². The van der Waals surface area contributed by atoms with Crippen LogP contribution in [0.3, 0.4) is 0 Å². The molecule has 0 fully saturated rings. The topological polar surface area (TPSA) is 21.3 Å². The molecule has 1 aromatic carbocycles. The maximum atomic E-state index is 6.22. The summed E-state index contributed by atoms with van der Waals surface area (Å²) in [6, 6.07) is 6.12. The third kappa shape index (κ3) is 3.21. The Morgan fingerprint density at radius 2 is 2.24 bits per heavy atom. The van der Waals surface area contributed by atoms with Gasteiger partial charge in [0.05, 0.1) is 11.6 Å². The molecular weight excluding hydrogens is 325 g/mol. The standard InChI is InChI=1S/C16H17Cl2NOS/c1-2-10-4-6-21-15(10)9-19-14-3-5-20-16-12(14)7-11(17)8-13(16)18/h4,6-8,14,19H,2-3,5,9H2,1H3. The van der Waals surface area contributed by atoms with Crippen LogP contribution in [-0.4, -0.2) is 6.61 Å². The second kappa shape index (κ2) is 6.57. The van der Waals surface area contributed by atoms with E-state index in [2.05, 4.69) is 23.7 Å². The number of thiophene rings is 1. The van der Waals surface area contributed by atoms with Gasteiger partial charge in [-0.05, 0) is 35.6 Å². The number of rotatable bonds is 4. The predicted octanol–water partition coefficient (Wildman–Crippen LogP) is 5.23. The third-order valence-corrected chi connectivity index (χ3v) is 5.26. The van der Waals surface area contributed by atoms with Gasteiger partial charge in [0.1, 0.15) is 5.75 Å². The van der Waals surface area contributed by atoms with Crippen LogP contribution < -0.4 is 10.1 Å². The van der Waals surface area contributed by atoms with Gasteiger partial charge < -0.3 is 10.1 Å². The molecule has 1 aliphatic heterocycles. The maximum Gasteiger partial charge on any atom is 0.142 e. The van der Waals surface area contributed by atoms with E-state index in [-0.39, 0.29) is 6.04 Å². The summed E-state index contributed by atoms with van der Waals surface area (Å²) in [6.45, 7) is 3.74. The zero-order valence-electron chi connectivity index (χ0n) is 11.8. The third-order valence-electron chi connectivity index (χ3n) is 3.79. The molecule has 2 nitrogen and oxygen atoms in total. The van der Waals surface area contributed by atoms with Gasteiger partial charge in [0.2, 0.25) is 0 Å². The number of ether oxygens (including phenoxy) is 1. The summed E-state index contributed by atoms with van der Waals surface area (Å²) in [6.07, 6.45) is 2.00. The van der Waals surface area contributed by atoms with Crippen molar-refractivity contribution in [2.45, 2.75) is 32.4 Å². The van der Waals surface area contributed by atoms with Crippen LogP contribution in [0.1, 0.15) is 35.4 Å². The van der Waals surface area contributed by atoms with E-state index in [1.165, 1.54) is 10.4 Å². The van der Waals surface area contributed by atoms with Gasteiger partial charge in [-0.25, -0.2) is 0 Å². The fourth-order valence-corrected chi connectivity index (χ4v) is 4.18. The molecule has 5 heteroatoms. The summed E-state index contributed by atoms with van der Waals surface area (Å²) in [7, 11) is 0. The molecule has 2 aromatic rings. The van der Waals surface area contributed by atoms with Gasteiger partial charge in [-0.1, -0.05) is 30.1 Å². The molecule has 0 amide bonds. The van der Waals surface area contributed by atoms with E-state index in [0.717, 1.165) is 30.7 Å². The van der Waals surface area contributed by atoms with Crippen molar-refractivity contribution in [3.8, 4) is 5.75 Å². The molecule has 112 valence electrons. The first-order valence-electron chi connectivity index (χ1n) is 7.09. The van der Waals surface area contributed by atoms with Gasteiger partial charge in [-0.3, -0.25) is 0 Å². The molecule has 0 spiro atoms. The lowest BCUT2D eigenvalue weighted by molar-refractivity contribution is 0.252. The zero-order chi connectivity index (χ0) is 14.8.